The molecule has 1 aliphatic heterocycles. The molecule has 0 amide bonds. The molecule has 0 aliphatic carbocycles. The van der Waals surface area contributed by atoms with E-state index in [0.29, 0.717) is 6.54 Å². The predicted molar refractivity (Wildman–Crippen MR) is 57.0 cm³/mol. The molecular weight excluding hydrogens is 174 g/mol. The Bertz CT molecular complexity index is 278. The normalized spacial score (nSPS) is 26.6. The molecule has 2 rings (SSSR count). The lowest BCUT2D eigenvalue weighted by Crippen LogP contribution is -2.28. The lowest BCUT2D eigenvalue weighted by molar-refractivity contribution is -0.00507. The number of nitrogens with two attached hydrogens (primary N) is 1. The molecule has 0 saturated carbocycles. The first-order valence-electron chi connectivity index (χ1n) is 5.27. The van der Waals surface area contributed by atoms with Gasteiger partial charge in [-0.05, 0) is 31.4 Å². The standard InChI is InChI=1S/C12H17NO/c13-9-8-12(7-4-10-14-12)11-5-2-1-3-6-11/h1-3,5-6H,4,7-10,13H2. The van der Waals surface area contributed by atoms with E-state index in [-0.39, 0.29) is 5.60 Å². The van der Waals surface area contributed by atoms with E-state index >= 15 is 0 Å². The number of benzene rings is 1. The van der Waals surface area contributed by atoms with Crippen LogP contribution in [0.1, 0.15) is 24.8 Å². The zero-order chi connectivity index (χ0) is 9.86. The highest BCUT2D eigenvalue weighted by atomic mass is 16.5. The highest BCUT2D eigenvalue weighted by Crippen LogP contribution is 2.38. The molecule has 2 heteroatoms. The van der Waals surface area contributed by atoms with Crippen LogP contribution in [-0.2, 0) is 10.3 Å². The summed E-state index contributed by atoms with van der Waals surface area (Å²) >= 11 is 0. The fraction of sp³-hybridized carbons (Fsp3) is 0.500. The summed E-state index contributed by atoms with van der Waals surface area (Å²) in [6.07, 6.45) is 3.18. The molecule has 1 heterocycles. The van der Waals surface area contributed by atoms with Crippen molar-refractivity contribution in [3.05, 3.63) is 35.9 Å². The Morgan fingerprint density at radius 1 is 1.29 bits per heavy atom. The van der Waals surface area contributed by atoms with E-state index in [9.17, 15) is 0 Å². The second-order valence-corrected chi connectivity index (χ2v) is 3.85. The summed E-state index contributed by atoms with van der Waals surface area (Å²) in [5.41, 5.74) is 6.84. The molecule has 0 spiro atoms. The van der Waals surface area contributed by atoms with Crippen molar-refractivity contribution in [2.45, 2.75) is 24.9 Å². The average molecular weight is 191 g/mol. The van der Waals surface area contributed by atoms with E-state index in [0.717, 1.165) is 25.9 Å². The van der Waals surface area contributed by atoms with Gasteiger partial charge in [0.15, 0.2) is 0 Å². The van der Waals surface area contributed by atoms with Crippen molar-refractivity contribution in [2.24, 2.45) is 5.73 Å². The minimum absolute atomic E-state index is 0.0873. The maximum absolute atomic E-state index is 5.89. The quantitative estimate of drug-likeness (QED) is 0.793. The fourth-order valence-electron chi connectivity index (χ4n) is 2.24. The van der Waals surface area contributed by atoms with E-state index in [1.165, 1.54) is 5.56 Å². The van der Waals surface area contributed by atoms with Gasteiger partial charge in [0.2, 0.25) is 0 Å². The second-order valence-electron chi connectivity index (χ2n) is 3.85. The Morgan fingerprint density at radius 3 is 2.64 bits per heavy atom. The number of ether oxygens (including phenoxy) is 1. The van der Waals surface area contributed by atoms with Gasteiger partial charge in [0, 0.05) is 6.61 Å². The van der Waals surface area contributed by atoms with Crippen molar-refractivity contribution in [3.63, 3.8) is 0 Å². The summed E-state index contributed by atoms with van der Waals surface area (Å²) in [6, 6.07) is 10.4. The molecule has 1 saturated heterocycles. The Balaban J connectivity index is 2.27. The van der Waals surface area contributed by atoms with Crippen LogP contribution in [0, 0.1) is 0 Å². The zero-order valence-corrected chi connectivity index (χ0v) is 8.41. The third kappa shape index (κ3) is 1.68. The number of rotatable bonds is 3. The summed E-state index contributed by atoms with van der Waals surface area (Å²) in [4.78, 5) is 0. The highest BCUT2D eigenvalue weighted by molar-refractivity contribution is 5.23. The minimum atomic E-state index is -0.0873. The second kappa shape index (κ2) is 4.11. The van der Waals surface area contributed by atoms with Gasteiger partial charge in [-0.3, -0.25) is 0 Å². The van der Waals surface area contributed by atoms with Crippen LogP contribution in [0.3, 0.4) is 0 Å². The van der Waals surface area contributed by atoms with E-state index in [4.69, 9.17) is 10.5 Å². The van der Waals surface area contributed by atoms with Crippen molar-refractivity contribution in [2.75, 3.05) is 13.2 Å². The largest absolute Gasteiger partial charge is 0.370 e. The minimum Gasteiger partial charge on any atom is -0.370 e. The fourth-order valence-corrected chi connectivity index (χ4v) is 2.24. The van der Waals surface area contributed by atoms with Crippen molar-refractivity contribution >= 4 is 0 Å². The molecule has 0 bridgehead atoms. The summed E-state index contributed by atoms with van der Waals surface area (Å²) in [7, 11) is 0. The average Bonchev–Trinajstić information content (AvgIpc) is 2.70. The molecule has 2 N–H and O–H groups in total. The molecule has 1 aromatic rings. The zero-order valence-electron chi connectivity index (χ0n) is 8.41. The third-order valence-electron chi connectivity index (χ3n) is 2.95. The summed E-state index contributed by atoms with van der Waals surface area (Å²) in [5.74, 6) is 0. The van der Waals surface area contributed by atoms with Gasteiger partial charge in [-0.2, -0.15) is 0 Å². The molecule has 0 aromatic heterocycles. The SMILES string of the molecule is NCCC1(c2ccccc2)CCCO1. The smallest absolute Gasteiger partial charge is 0.0944 e. The van der Waals surface area contributed by atoms with Gasteiger partial charge in [-0.25, -0.2) is 0 Å². The van der Waals surface area contributed by atoms with Crippen LogP contribution in [0.4, 0.5) is 0 Å². The summed E-state index contributed by atoms with van der Waals surface area (Å²) in [5, 5.41) is 0. The molecule has 2 nitrogen and oxygen atoms in total. The maximum Gasteiger partial charge on any atom is 0.0944 e. The van der Waals surface area contributed by atoms with Crippen LogP contribution >= 0.6 is 0 Å². The van der Waals surface area contributed by atoms with Crippen molar-refractivity contribution in [3.8, 4) is 0 Å². The summed E-state index contributed by atoms with van der Waals surface area (Å²) < 4.78 is 5.89. The van der Waals surface area contributed by atoms with Gasteiger partial charge in [0.05, 0.1) is 5.60 Å². The molecular formula is C12H17NO. The van der Waals surface area contributed by atoms with Crippen molar-refractivity contribution in [1.82, 2.24) is 0 Å². The van der Waals surface area contributed by atoms with E-state index in [2.05, 4.69) is 24.3 Å². The molecule has 1 aromatic carbocycles. The number of hydrogen-bond donors (Lipinski definition) is 1. The third-order valence-corrected chi connectivity index (χ3v) is 2.95. The first-order chi connectivity index (χ1) is 6.87. The van der Waals surface area contributed by atoms with Crippen LogP contribution in [0.15, 0.2) is 30.3 Å². The van der Waals surface area contributed by atoms with Gasteiger partial charge >= 0.3 is 0 Å². The molecule has 1 aliphatic rings. The molecule has 14 heavy (non-hydrogen) atoms. The van der Waals surface area contributed by atoms with Crippen LogP contribution in [0.2, 0.25) is 0 Å². The van der Waals surface area contributed by atoms with Gasteiger partial charge in [-0.1, -0.05) is 30.3 Å². The first kappa shape index (κ1) is 9.69. The Morgan fingerprint density at radius 2 is 2.07 bits per heavy atom. The monoisotopic (exact) mass is 191 g/mol. The topological polar surface area (TPSA) is 35.2 Å². The van der Waals surface area contributed by atoms with Crippen LogP contribution in [0.25, 0.3) is 0 Å². The maximum atomic E-state index is 5.89. The molecule has 0 radical (unpaired) electrons. The van der Waals surface area contributed by atoms with Crippen molar-refractivity contribution < 1.29 is 4.74 Å². The van der Waals surface area contributed by atoms with Gasteiger partial charge in [-0.15, -0.1) is 0 Å². The Kier molecular flexibility index (Phi) is 2.85. The molecule has 1 fully saturated rings. The molecule has 76 valence electrons. The highest BCUT2D eigenvalue weighted by Gasteiger charge is 2.35. The lowest BCUT2D eigenvalue weighted by atomic mass is 9.88. The van der Waals surface area contributed by atoms with Gasteiger partial charge in [0.1, 0.15) is 0 Å². The first-order valence-corrected chi connectivity index (χ1v) is 5.27. The van der Waals surface area contributed by atoms with E-state index in [1.54, 1.807) is 0 Å². The Labute approximate surface area is 85.1 Å². The summed E-state index contributed by atoms with van der Waals surface area (Å²) in [6.45, 7) is 1.56. The van der Waals surface area contributed by atoms with Crippen LogP contribution in [0.5, 0.6) is 0 Å². The lowest BCUT2D eigenvalue weighted by Gasteiger charge is -2.28. The van der Waals surface area contributed by atoms with Gasteiger partial charge < -0.3 is 10.5 Å². The van der Waals surface area contributed by atoms with Crippen LogP contribution < -0.4 is 5.73 Å². The number of hydrogen-bond acceptors (Lipinski definition) is 2. The molecule has 1 atom stereocenters. The van der Waals surface area contributed by atoms with Crippen LogP contribution in [-0.4, -0.2) is 13.2 Å². The van der Waals surface area contributed by atoms with E-state index in [1.807, 2.05) is 6.07 Å². The van der Waals surface area contributed by atoms with Crippen molar-refractivity contribution in [1.29, 1.82) is 0 Å². The Hall–Kier alpha value is -0.860. The predicted octanol–water partition coefficient (Wildman–Crippen LogP) is 2.04. The van der Waals surface area contributed by atoms with Gasteiger partial charge in [0.25, 0.3) is 0 Å². The van der Waals surface area contributed by atoms with E-state index < -0.39 is 0 Å². The molecule has 1 unspecified atom stereocenters.